The summed E-state index contributed by atoms with van der Waals surface area (Å²) in [6, 6.07) is 4.35. The second-order valence-corrected chi connectivity index (χ2v) is 7.89. The molecule has 2 fully saturated rings. The first kappa shape index (κ1) is 18.7. The minimum absolute atomic E-state index is 0.0141. The van der Waals surface area contributed by atoms with E-state index < -0.39 is 0 Å². The Bertz CT molecular complexity index is 611. The summed E-state index contributed by atoms with van der Waals surface area (Å²) in [5, 5.41) is 3.04. The molecule has 0 saturated carbocycles. The van der Waals surface area contributed by atoms with Crippen molar-refractivity contribution in [3.05, 3.63) is 30.1 Å². The Morgan fingerprint density at radius 3 is 2.69 bits per heavy atom. The number of piperidine rings is 1. The van der Waals surface area contributed by atoms with Crippen LogP contribution < -0.4 is 5.32 Å². The van der Waals surface area contributed by atoms with Gasteiger partial charge < -0.3 is 15.1 Å². The number of pyridine rings is 1. The van der Waals surface area contributed by atoms with Gasteiger partial charge in [0.15, 0.2) is 0 Å². The van der Waals surface area contributed by atoms with Crippen molar-refractivity contribution in [3.63, 3.8) is 0 Å². The van der Waals surface area contributed by atoms with Gasteiger partial charge in [-0.15, -0.1) is 0 Å². The van der Waals surface area contributed by atoms with Crippen LogP contribution in [0.1, 0.15) is 38.7 Å². The Kier molecular flexibility index (Phi) is 6.12. The molecule has 3 amide bonds. The third kappa shape index (κ3) is 4.74. The number of hydrogen-bond acceptors (Lipinski definition) is 3. The highest BCUT2D eigenvalue weighted by Gasteiger charge is 2.31. The van der Waals surface area contributed by atoms with Gasteiger partial charge >= 0.3 is 6.03 Å². The molecule has 3 rings (SSSR count). The van der Waals surface area contributed by atoms with Crippen molar-refractivity contribution in [1.82, 2.24) is 20.1 Å². The quantitative estimate of drug-likeness (QED) is 0.878. The highest BCUT2D eigenvalue weighted by Crippen LogP contribution is 2.22. The lowest BCUT2D eigenvalue weighted by Gasteiger charge is -2.32. The average Bonchev–Trinajstić information content (AvgIpc) is 3.02. The Morgan fingerprint density at radius 1 is 1.31 bits per heavy atom. The number of carbonyl (C=O) groups excluding carboxylic acids is 2. The third-order valence-corrected chi connectivity index (χ3v) is 5.55. The number of hydrogen-bond donors (Lipinski definition) is 1. The molecule has 142 valence electrons. The second-order valence-electron chi connectivity index (χ2n) is 7.89. The van der Waals surface area contributed by atoms with E-state index in [9.17, 15) is 9.59 Å². The van der Waals surface area contributed by atoms with E-state index in [0.717, 1.165) is 38.9 Å². The van der Waals surface area contributed by atoms with Crippen LogP contribution in [0.5, 0.6) is 0 Å². The molecule has 6 nitrogen and oxygen atoms in total. The summed E-state index contributed by atoms with van der Waals surface area (Å²) in [5.41, 5.74) is 1.27. The molecule has 1 atom stereocenters. The Morgan fingerprint density at radius 2 is 2.08 bits per heavy atom. The number of likely N-dealkylation sites (tertiary alicyclic amines) is 2. The standard InChI is InChI=1S/C20H30N4O2/c1-15(2)24-14-18(11-19(24)25)13-22-20(26)23-8-5-16(6-9-23)10-17-4-3-7-21-12-17/h3-4,7,12,15-16,18H,5-6,8-11,13-14H2,1-2H3,(H,22,26)/t18-/m1/s1. The van der Waals surface area contributed by atoms with Gasteiger partial charge in [-0.3, -0.25) is 9.78 Å². The van der Waals surface area contributed by atoms with Gasteiger partial charge in [-0.2, -0.15) is 0 Å². The van der Waals surface area contributed by atoms with Crippen molar-refractivity contribution in [1.29, 1.82) is 0 Å². The van der Waals surface area contributed by atoms with Gasteiger partial charge in [-0.25, -0.2) is 4.79 Å². The predicted molar refractivity (Wildman–Crippen MR) is 101 cm³/mol. The average molecular weight is 358 g/mol. The highest BCUT2D eigenvalue weighted by atomic mass is 16.2. The third-order valence-electron chi connectivity index (χ3n) is 5.55. The van der Waals surface area contributed by atoms with E-state index in [2.05, 4.69) is 16.4 Å². The zero-order valence-corrected chi connectivity index (χ0v) is 15.9. The van der Waals surface area contributed by atoms with Crippen LogP contribution in [0.4, 0.5) is 4.79 Å². The minimum atomic E-state index is 0.0141. The molecule has 2 aliphatic rings. The van der Waals surface area contributed by atoms with Crippen LogP contribution in [0, 0.1) is 11.8 Å². The van der Waals surface area contributed by atoms with E-state index in [0.29, 0.717) is 18.9 Å². The summed E-state index contributed by atoms with van der Waals surface area (Å²) in [7, 11) is 0. The van der Waals surface area contributed by atoms with Crippen LogP contribution in [-0.2, 0) is 11.2 Å². The summed E-state index contributed by atoms with van der Waals surface area (Å²) in [6.45, 7) is 7.02. The number of rotatable bonds is 5. The maximum absolute atomic E-state index is 12.4. The monoisotopic (exact) mass is 358 g/mol. The topological polar surface area (TPSA) is 65.5 Å². The largest absolute Gasteiger partial charge is 0.340 e. The number of nitrogens with one attached hydrogen (secondary N) is 1. The molecule has 2 aliphatic heterocycles. The van der Waals surface area contributed by atoms with Crippen molar-refractivity contribution in [2.24, 2.45) is 11.8 Å². The number of urea groups is 1. The minimum Gasteiger partial charge on any atom is -0.340 e. The normalized spacial score (nSPS) is 21.5. The van der Waals surface area contributed by atoms with Crippen LogP contribution in [0.2, 0.25) is 0 Å². The van der Waals surface area contributed by atoms with Gasteiger partial charge in [0.25, 0.3) is 0 Å². The first-order valence-electron chi connectivity index (χ1n) is 9.74. The van der Waals surface area contributed by atoms with Gasteiger partial charge in [0.1, 0.15) is 0 Å². The molecule has 1 aromatic rings. The molecule has 0 radical (unpaired) electrons. The van der Waals surface area contributed by atoms with Crippen LogP contribution in [0.25, 0.3) is 0 Å². The molecule has 1 N–H and O–H groups in total. The Balaban J connectivity index is 1.38. The molecule has 0 aromatic carbocycles. The van der Waals surface area contributed by atoms with Crippen molar-refractivity contribution in [2.45, 2.75) is 45.6 Å². The van der Waals surface area contributed by atoms with Crippen LogP contribution in [-0.4, -0.2) is 58.9 Å². The van der Waals surface area contributed by atoms with Crippen LogP contribution >= 0.6 is 0 Å². The number of carbonyl (C=O) groups is 2. The van der Waals surface area contributed by atoms with Gasteiger partial charge in [-0.05, 0) is 50.7 Å². The van der Waals surface area contributed by atoms with Crippen LogP contribution in [0.3, 0.4) is 0 Å². The fraction of sp³-hybridized carbons (Fsp3) is 0.650. The maximum Gasteiger partial charge on any atom is 0.317 e. The molecule has 0 spiro atoms. The lowest BCUT2D eigenvalue weighted by Crippen LogP contribution is -2.46. The number of nitrogens with zero attached hydrogens (tertiary/aromatic N) is 3. The predicted octanol–water partition coefficient (Wildman–Crippen LogP) is 2.30. The van der Waals surface area contributed by atoms with Gasteiger partial charge in [0.2, 0.25) is 5.91 Å². The zero-order chi connectivity index (χ0) is 18.5. The van der Waals surface area contributed by atoms with Crippen LogP contribution in [0.15, 0.2) is 24.5 Å². The van der Waals surface area contributed by atoms with Crippen molar-refractivity contribution in [3.8, 4) is 0 Å². The highest BCUT2D eigenvalue weighted by molar-refractivity contribution is 5.79. The molecule has 0 unspecified atom stereocenters. The van der Waals surface area contributed by atoms with E-state index in [1.807, 2.05) is 35.9 Å². The first-order valence-corrected chi connectivity index (χ1v) is 9.74. The number of aromatic nitrogens is 1. The fourth-order valence-electron chi connectivity index (χ4n) is 3.98. The van der Waals surface area contributed by atoms with E-state index >= 15 is 0 Å². The number of amides is 3. The maximum atomic E-state index is 12.4. The lowest BCUT2D eigenvalue weighted by atomic mass is 9.91. The molecule has 0 aliphatic carbocycles. The summed E-state index contributed by atoms with van der Waals surface area (Å²) < 4.78 is 0. The van der Waals surface area contributed by atoms with Crippen molar-refractivity contribution < 1.29 is 9.59 Å². The van der Waals surface area contributed by atoms with Gasteiger partial charge in [-0.1, -0.05) is 6.07 Å². The first-order chi connectivity index (χ1) is 12.5. The molecule has 26 heavy (non-hydrogen) atoms. The molecule has 0 bridgehead atoms. The SMILES string of the molecule is CC(C)N1C[C@@H](CNC(=O)N2CCC(Cc3cccnc3)CC2)CC1=O. The summed E-state index contributed by atoms with van der Waals surface area (Å²) in [4.78, 5) is 32.4. The second kappa shape index (κ2) is 8.52. The van der Waals surface area contributed by atoms with E-state index in [4.69, 9.17) is 0 Å². The van der Waals surface area contributed by atoms with E-state index in [-0.39, 0.29) is 23.9 Å². The summed E-state index contributed by atoms with van der Waals surface area (Å²) >= 11 is 0. The Hall–Kier alpha value is -2.11. The molecule has 2 saturated heterocycles. The lowest BCUT2D eigenvalue weighted by molar-refractivity contribution is -0.129. The fourth-order valence-corrected chi connectivity index (χ4v) is 3.98. The Labute approximate surface area is 156 Å². The molecule has 6 heteroatoms. The summed E-state index contributed by atoms with van der Waals surface area (Å²) in [6.07, 6.45) is 7.39. The zero-order valence-electron chi connectivity index (χ0n) is 15.9. The van der Waals surface area contributed by atoms with Gasteiger partial charge in [0.05, 0.1) is 0 Å². The smallest absolute Gasteiger partial charge is 0.317 e. The van der Waals surface area contributed by atoms with E-state index in [1.165, 1.54) is 5.56 Å². The molecular formula is C20H30N4O2. The molecule has 3 heterocycles. The van der Waals surface area contributed by atoms with Crippen molar-refractivity contribution in [2.75, 3.05) is 26.2 Å². The van der Waals surface area contributed by atoms with Crippen molar-refractivity contribution >= 4 is 11.9 Å². The molecular weight excluding hydrogens is 328 g/mol. The summed E-state index contributed by atoms with van der Waals surface area (Å²) in [5.74, 6) is 1.06. The molecule has 1 aromatic heterocycles. The van der Waals surface area contributed by atoms with E-state index in [1.54, 1.807) is 6.20 Å². The van der Waals surface area contributed by atoms with Gasteiger partial charge in [0, 0.05) is 57.0 Å².